The molecule has 2 atom stereocenters. The predicted octanol–water partition coefficient (Wildman–Crippen LogP) is 1.57. The molecule has 1 amide bonds. The number of aromatic nitrogens is 3. The van der Waals surface area contributed by atoms with E-state index in [1.54, 1.807) is 42.3 Å². The zero-order valence-electron chi connectivity index (χ0n) is 12.8. The summed E-state index contributed by atoms with van der Waals surface area (Å²) in [5.74, 6) is -0.0528. The smallest absolute Gasteiger partial charge is 0.251 e. The van der Waals surface area contributed by atoms with Crippen LogP contribution >= 0.6 is 0 Å². The van der Waals surface area contributed by atoms with Crippen LogP contribution in [0.5, 0.6) is 0 Å². The Hall–Kier alpha value is -2.72. The van der Waals surface area contributed by atoms with Crippen molar-refractivity contribution in [3.05, 3.63) is 41.7 Å². The second-order valence-corrected chi connectivity index (χ2v) is 5.61. The summed E-state index contributed by atoms with van der Waals surface area (Å²) in [4.78, 5) is 14.5. The van der Waals surface area contributed by atoms with Gasteiger partial charge in [0.25, 0.3) is 5.91 Å². The Kier molecular flexibility index (Phi) is 4.08. The molecule has 7 nitrogen and oxygen atoms in total. The third-order valence-electron chi connectivity index (χ3n) is 3.99. The molecule has 1 saturated heterocycles. The van der Waals surface area contributed by atoms with Gasteiger partial charge in [0.2, 0.25) is 0 Å². The highest BCUT2D eigenvalue weighted by Crippen LogP contribution is 2.27. The molecule has 1 aromatic heterocycles. The molecule has 3 rings (SSSR count). The highest BCUT2D eigenvalue weighted by Gasteiger charge is 2.32. The van der Waals surface area contributed by atoms with E-state index in [0.29, 0.717) is 24.2 Å². The summed E-state index contributed by atoms with van der Waals surface area (Å²) in [6.07, 6.45) is 2.45. The van der Waals surface area contributed by atoms with Crippen LogP contribution < -0.4 is 4.90 Å². The number of nitrogens with zero attached hydrogens (tertiary/aromatic N) is 5. The van der Waals surface area contributed by atoms with E-state index in [9.17, 15) is 9.90 Å². The monoisotopic (exact) mass is 311 g/mol. The van der Waals surface area contributed by atoms with Crippen LogP contribution in [0.15, 0.2) is 30.5 Å². The molecule has 2 unspecified atom stereocenters. The van der Waals surface area contributed by atoms with Gasteiger partial charge in [-0.15, -0.1) is 5.10 Å². The van der Waals surface area contributed by atoms with Gasteiger partial charge in [0.15, 0.2) is 0 Å². The van der Waals surface area contributed by atoms with Crippen LogP contribution in [0.3, 0.4) is 0 Å². The minimum absolute atomic E-state index is 0.0528. The Balaban J connectivity index is 1.83. The van der Waals surface area contributed by atoms with Crippen LogP contribution in [0.1, 0.15) is 43.2 Å². The Bertz CT molecular complexity index is 745. The number of carbonyl (C=O) groups is 1. The number of benzene rings is 1. The molecular formula is C16H17N5O2. The van der Waals surface area contributed by atoms with Gasteiger partial charge in [0, 0.05) is 12.2 Å². The van der Waals surface area contributed by atoms with Crippen molar-refractivity contribution in [3.8, 4) is 6.07 Å². The van der Waals surface area contributed by atoms with E-state index in [2.05, 4.69) is 16.4 Å². The van der Waals surface area contributed by atoms with E-state index in [4.69, 9.17) is 5.26 Å². The summed E-state index contributed by atoms with van der Waals surface area (Å²) in [7, 11) is 0. The van der Waals surface area contributed by atoms with Crippen LogP contribution in [0.4, 0.5) is 5.69 Å². The molecule has 1 N–H and O–H groups in total. The molecule has 2 aromatic rings. The lowest BCUT2D eigenvalue weighted by atomic mass is 10.0. The van der Waals surface area contributed by atoms with Crippen molar-refractivity contribution in [2.75, 3.05) is 11.4 Å². The summed E-state index contributed by atoms with van der Waals surface area (Å²) in [5.41, 5.74) is 1.79. The fourth-order valence-electron chi connectivity index (χ4n) is 2.71. The minimum Gasteiger partial charge on any atom is -0.387 e. The fraction of sp³-hybridized carbons (Fsp3) is 0.375. The van der Waals surface area contributed by atoms with Gasteiger partial charge in [-0.25, -0.2) is 4.68 Å². The number of hydrogen-bond donors (Lipinski definition) is 1. The van der Waals surface area contributed by atoms with E-state index >= 15 is 0 Å². The van der Waals surface area contributed by atoms with Crippen molar-refractivity contribution in [1.82, 2.24) is 15.0 Å². The van der Waals surface area contributed by atoms with E-state index in [0.717, 1.165) is 12.1 Å². The number of nitriles is 1. The standard InChI is InChI=1S/C16H17N5O2/c1-11(22)14-10-21(19-18-14)15-3-2-8-20(16(15)23)13-6-4-12(9-17)5-7-13/h4-7,10-11,15,22H,2-3,8H2,1H3. The number of aliphatic hydroxyl groups excluding tert-OH is 1. The third kappa shape index (κ3) is 2.94. The molecule has 1 aliphatic heterocycles. The maximum Gasteiger partial charge on any atom is 0.251 e. The average molecular weight is 311 g/mol. The molecule has 2 heterocycles. The van der Waals surface area contributed by atoms with Gasteiger partial charge in [0.1, 0.15) is 11.7 Å². The first kappa shape index (κ1) is 15.2. The lowest BCUT2D eigenvalue weighted by Gasteiger charge is -2.32. The molecule has 0 spiro atoms. The first-order chi connectivity index (χ1) is 11.1. The summed E-state index contributed by atoms with van der Waals surface area (Å²) < 4.78 is 1.53. The van der Waals surface area contributed by atoms with Crippen molar-refractivity contribution < 1.29 is 9.90 Å². The normalized spacial score (nSPS) is 19.4. The minimum atomic E-state index is -0.711. The lowest BCUT2D eigenvalue weighted by molar-refractivity contribution is -0.123. The highest BCUT2D eigenvalue weighted by atomic mass is 16.3. The van der Waals surface area contributed by atoms with Crippen molar-refractivity contribution in [2.24, 2.45) is 0 Å². The van der Waals surface area contributed by atoms with Crippen LogP contribution in [0, 0.1) is 11.3 Å². The van der Waals surface area contributed by atoms with Crippen molar-refractivity contribution in [1.29, 1.82) is 5.26 Å². The first-order valence-electron chi connectivity index (χ1n) is 7.51. The Morgan fingerprint density at radius 3 is 2.74 bits per heavy atom. The van der Waals surface area contributed by atoms with Crippen molar-refractivity contribution in [2.45, 2.75) is 31.9 Å². The number of carbonyl (C=O) groups excluding carboxylic acids is 1. The number of hydrogen-bond acceptors (Lipinski definition) is 5. The molecule has 1 aromatic carbocycles. The number of rotatable bonds is 3. The van der Waals surface area contributed by atoms with Gasteiger partial charge >= 0.3 is 0 Å². The van der Waals surface area contributed by atoms with E-state index in [1.165, 1.54) is 4.68 Å². The summed E-state index contributed by atoms with van der Waals surface area (Å²) >= 11 is 0. The number of piperidine rings is 1. The lowest BCUT2D eigenvalue weighted by Crippen LogP contribution is -2.42. The Morgan fingerprint density at radius 1 is 1.39 bits per heavy atom. The Labute approximate surface area is 133 Å². The highest BCUT2D eigenvalue weighted by molar-refractivity contribution is 5.96. The topological polar surface area (TPSA) is 95.0 Å². The summed E-state index contributed by atoms with van der Waals surface area (Å²) in [5, 5.41) is 26.3. The van der Waals surface area contributed by atoms with Crippen molar-refractivity contribution in [3.63, 3.8) is 0 Å². The summed E-state index contributed by atoms with van der Waals surface area (Å²) in [6.45, 7) is 2.25. The maximum absolute atomic E-state index is 12.8. The molecule has 118 valence electrons. The zero-order valence-corrected chi connectivity index (χ0v) is 12.8. The molecule has 0 aliphatic carbocycles. The van der Waals surface area contributed by atoms with Gasteiger partial charge < -0.3 is 10.0 Å². The fourth-order valence-corrected chi connectivity index (χ4v) is 2.71. The second-order valence-electron chi connectivity index (χ2n) is 5.61. The van der Waals surface area contributed by atoms with Gasteiger partial charge in [-0.1, -0.05) is 5.21 Å². The van der Waals surface area contributed by atoms with E-state index in [-0.39, 0.29) is 5.91 Å². The first-order valence-corrected chi connectivity index (χ1v) is 7.51. The largest absolute Gasteiger partial charge is 0.387 e. The van der Waals surface area contributed by atoms with Crippen molar-refractivity contribution >= 4 is 11.6 Å². The molecule has 1 fully saturated rings. The maximum atomic E-state index is 12.8. The van der Waals surface area contributed by atoms with E-state index < -0.39 is 12.1 Å². The van der Waals surface area contributed by atoms with E-state index in [1.807, 2.05) is 0 Å². The SMILES string of the molecule is CC(O)c1cn(C2CCCN(c3ccc(C#N)cc3)C2=O)nn1. The molecular weight excluding hydrogens is 294 g/mol. The Morgan fingerprint density at radius 2 is 2.13 bits per heavy atom. The molecule has 7 heteroatoms. The molecule has 23 heavy (non-hydrogen) atoms. The second kappa shape index (κ2) is 6.18. The third-order valence-corrected chi connectivity index (χ3v) is 3.99. The van der Waals surface area contributed by atoms with Crippen LogP contribution in [0.2, 0.25) is 0 Å². The average Bonchev–Trinajstić information content (AvgIpc) is 3.05. The zero-order chi connectivity index (χ0) is 16.4. The molecule has 0 saturated carbocycles. The quantitative estimate of drug-likeness (QED) is 0.928. The van der Waals surface area contributed by atoms with Gasteiger partial charge in [-0.2, -0.15) is 5.26 Å². The number of amides is 1. The molecule has 1 aliphatic rings. The number of aliphatic hydroxyl groups is 1. The van der Waals surface area contributed by atoms with Crippen LogP contribution in [-0.2, 0) is 4.79 Å². The van der Waals surface area contributed by atoms with Gasteiger partial charge in [-0.3, -0.25) is 4.79 Å². The summed E-state index contributed by atoms with van der Waals surface area (Å²) in [6, 6.07) is 8.61. The van der Waals surface area contributed by atoms with Crippen LogP contribution in [-0.4, -0.2) is 32.6 Å². The molecule has 0 bridgehead atoms. The van der Waals surface area contributed by atoms with Crippen LogP contribution in [0.25, 0.3) is 0 Å². The molecule has 0 radical (unpaired) electrons. The van der Waals surface area contributed by atoms with Gasteiger partial charge in [0.05, 0.1) is 23.9 Å². The van der Waals surface area contributed by atoms with Gasteiger partial charge in [-0.05, 0) is 44.0 Å². The number of anilines is 1. The predicted molar refractivity (Wildman–Crippen MR) is 82.4 cm³/mol.